The van der Waals surface area contributed by atoms with Gasteiger partial charge in [-0.05, 0) is 61.4 Å². The fraction of sp³-hybridized carbons (Fsp3) is 0.222. The fourth-order valence-electron chi connectivity index (χ4n) is 5.50. The SMILES string of the molecule is CCC[C@H](Oc1cccc2c1c1ccccc1n2Cc1ccc(OCc2nc(-c3ccccc3)oc2C)c(OC)c1)C(=O)[O-].S.[Na+]. The molecule has 6 rings (SSSR count). The number of benzene rings is 4. The summed E-state index contributed by atoms with van der Waals surface area (Å²) in [5, 5.41) is 13.6. The maximum atomic E-state index is 11.8. The van der Waals surface area contributed by atoms with Crippen LogP contribution in [-0.4, -0.2) is 28.7 Å². The summed E-state index contributed by atoms with van der Waals surface area (Å²) in [6, 6.07) is 29.4. The zero-order chi connectivity index (χ0) is 30.6. The van der Waals surface area contributed by atoms with Crippen LogP contribution in [0.3, 0.4) is 0 Å². The molecule has 6 aromatic rings. The maximum Gasteiger partial charge on any atom is 1.00 e. The van der Waals surface area contributed by atoms with Gasteiger partial charge < -0.3 is 33.1 Å². The van der Waals surface area contributed by atoms with Gasteiger partial charge in [-0.15, -0.1) is 0 Å². The summed E-state index contributed by atoms with van der Waals surface area (Å²) < 4.78 is 26.0. The zero-order valence-corrected chi connectivity index (χ0v) is 29.4. The zero-order valence-electron chi connectivity index (χ0n) is 26.4. The predicted octanol–water partition coefficient (Wildman–Crippen LogP) is 3.81. The number of carbonyl (C=O) groups is 1. The molecule has 2 aromatic heterocycles. The quantitative estimate of drug-likeness (QED) is 0.187. The molecular weight excluding hydrogens is 611 g/mol. The molecule has 0 amide bonds. The van der Waals surface area contributed by atoms with E-state index < -0.39 is 12.1 Å². The monoisotopic (exact) mass is 646 g/mol. The van der Waals surface area contributed by atoms with Crippen molar-refractivity contribution in [3.63, 3.8) is 0 Å². The molecule has 10 heteroatoms. The minimum Gasteiger partial charge on any atom is -0.546 e. The van der Waals surface area contributed by atoms with Crippen LogP contribution in [0.5, 0.6) is 17.2 Å². The van der Waals surface area contributed by atoms with Crippen molar-refractivity contribution in [2.24, 2.45) is 0 Å². The van der Waals surface area contributed by atoms with Crippen molar-refractivity contribution >= 4 is 41.3 Å². The Hall–Kier alpha value is -3.89. The number of nitrogens with zero attached hydrogens (tertiary/aromatic N) is 2. The van der Waals surface area contributed by atoms with Crippen molar-refractivity contribution in [2.75, 3.05) is 7.11 Å². The van der Waals surface area contributed by atoms with Gasteiger partial charge in [0.25, 0.3) is 0 Å². The molecule has 0 N–H and O–H groups in total. The Kier molecular flexibility index (Phi) is 11.9. The smallest absolute Gasteiger partial charge is 0.546 e. The molecule has 1 atom stereocenters. The standard InChI is InChI=1S/C36H34N2O6.Na.H2S/c1-4-11-32(36(39)40)44-31-17-10-16-29-34(31)26-14-8-9-15-28(26)38(29)21-24-18-19-30(33(20-24)41-3)42-22-27-23(2)43-35(37-27)25-12-6-5-7-13-25;;/h5-10,12-20,32H,4,11,21-22H2,1-3H3,(H,39,40);;1H2/q;+1;/p-1/t32-;;/m0../s1. The normalized spacial score (nSPS) is 11.5. The van der Waals surface area contributed by atoms with Crippen molar-refractivity contribution in [2.45, 2.75) is 45.9 Å². The van der Waals surface area contributed by atoms with E-state index in [0.29, 0.717) is 48.3 Å². The number of aryl methyl sites for hydroxylation is 1. The van der Waals surface area contributed by atoms with Gasteiger partial charge in [-0.3, -0.25) is 0 Å². The minimum absolute atomic E-state index is 0. The van der Waals surface area contributed by atoms with E-state index in [9.17, 15) is 9.90 Å². The van der Waals surface area contributed by atoms with Gasteiger partial charge in [0.1, 0.15) is 29.9 Å². The van der Waals surface area contributed by atoms with Crippen LogP contribution in [0.25, 0.3) is 33.3 Å². The summed E-state index contributed by atoms with van der Waals surface area (Å²) >= 11 is 0. The average Bonchev–Trinajstić information content (AvgIpc) is 3.58. The molecule has 0 aliphatic heterocycles. The third-order valence-corrected chi connectivity index (χ3v) is 7.69. The maximum absolute atomic E-state index is 11.8. The van der Waals surface area contributed by atoms with Gasteiger partial charge in [0.2, 0.25) is 5.89 Å². The van der Waals surface area contributed by atoms with Crippen LogP contribution in [0, 0.1) is 6.92 Å². The number of hydrogen-bond acceptors (Lipinski definition) is 7. The molecule has 0 saturated carbocycles. The van der Waals surface area contributed by atoms with E-state index >= 15 is 0 Å². The van der Waals surface area contributed by atoms with Gasteiger partial charge in [0.15, 0.2) is 11.5 Å². The summed E-state index contributed by atoms with van der Waals surface area (Å²) in [4.78, 5) is 16.4. The molecule has 0 aliphatic carbocycles. The summed E-state index contributed by atoms with van der Waals surface area (Å²) in [6.07, 6.45) is 0.0244. The molecule has 46 heavy (non-hydrogen) atoms. The molecule has 0 saturated heterocycles. The van der Waals surface area contributed by atoms with Crippen LogP contribution in [-0.2, 0) is 17.9 Å². The number of hydrogen-bond donors (Lipinski definition) is 0. The number of carboxylic acid groups (broad SMARTS) is 1. The predicted molar refractivity (Wildman–Crippen MR) is 177 cm³/mol. The molecule has 0 fully saturated rings. The Labute approximate surface area is 297 Å². The molecule has 0 aliphatic rings. The van der Waals surface area contributed by atoms with Crippen LogP contribution in [0.1, 0.15) is 36.8 Å². The number of oxazole rings is 1. The Morgan fingerprint density at radius 1 is 0.935 bits per heavy atom. The Balaban J connectivity index is 0.00000240. The number of fused-ring (bicyclic) bond motifs is 3. The van der Waals surface area contributed by atoms with E-state index in [2.05, 4.69) is 15.6 Å². The van der Waals surface area contributed by atoms with E-state index in [1.54, 1.807) is 7.11 Å². The van der Waals surface area contributed by atoms with Crippen LogP contribution in [0.2, 0.25) is 0 Å². The van der Waals surface area contributed by atoms with Gasteiger partial charge in [0.05, 0.1) is 18.6 Å². The van der Waals surface area contributed by atoms with Crippen molar-refractivity contribution < 1.29 is 58.1 Å². The second kappa shape index (κ2) is 15.6. The van der Waals surface area contributed by atoms with E-state index in [4.69, 9.17) is 18.6 Å². The number of aromatic nitrogens is 2. The largest absolute Gasteiger partial charge is 1.00 e. The van der Waals surface area contributed by atoms with Gasteiger partial charge in [-0.1, -0.05) is 61.9 Å². The van der Waals surface area contributed by atoms with Crippen molar-refractivity contribution in [3.05, 3.63) is 108 Å². The summed E-state index contributed by atoms with van der Waals surface area (Å²) in [7, 11) is 1.62. The van der Waals surface area contributed by atoms with Crippen molar-refractivity contribution in [3.8, 4) is 28.7 Å². The van der Waals surface area contributed by atoms with E-state index in [0.717, 1.165) is 38.6 Å². The van der Waals surface area contributed by atoms with Crippen molar-refractivity contribution in [1.29, 1.82) is 0 Å². The van der Waals surface area contributed by atoms with E-state index in [-0.39, 0.29) is 49.7 Å². The average molecular weight is 647 g/mol. The first-order valence-electron chi connectivity index (χ1n) is 14.7. The van der Waals surface area contributed by atoms with Crippen LogP contribution in [0.4, 0.5) is 0 Å². The molecule has 8 nitrogen and oxygen atoms in total. The topological polar surface area (TPSA) is 98.8 Å². The second-order valence-corrected chi connectivity index (χ2v) is 10.6. The second-order valence-electron chi connectivity index (χ2n) is 10.6. The Morgan fingerprint density at radius 2 is 1.67 bits per heavy atom. The number of carboxylic acids is 1. The summed E-state index contributed by atoms with van der Waals surface area (Å²) in [5.74, 6) is 1.78. The van der Waals surface area contributed by atoms with Gasteiger partial charge in [-0.25, -0.2) is 4.98 Å². The van der Waals surface area contributed by atoms with Crippen molar-refractivity contribution in [1.82, 2.24) is 9.55 Å². The first-order chi connectivity index (χ1) is 21.5. The molecule has 0 spiro atoms. The number of rotatable bonds is 12. The van der Waals surface area contributed by atoms with Crippen LogP contribution < -0.4 is 48.9 Å². The summed E-state index contributed by atoms with van der Waals surface area (Å²) in [5.41, 5.74) is 4.58. The van der Waals surface area contributed by atoms with Crippen LogP contribution in [0.15, 0.2) is 95.4 Å². The Morgan fingerprint density at radius 3 is 2.41 bits per heavy atom. The number of para-hydroxylation sites is 1. The van der Waals surface area contributed by atoms with Gasteiger partial charge in [0, 0.05) is 28.4 Å². The Bertz CT molecular complexity index is 1940. The van der Waals surface area contributed by atoms with E-state index in [1.165, 1.54) is 0 Å². The molecular formula is C36H35N2NaO6S. The number of methoxy groups -OCH3 is 1. The molecule has 0 unspecified atom stereocenters. The molecule has 232 valence electrons. The molecule has 0 bridgehead atoms. The number of aliphatic carboxylic acids is 1. The third kappa shape index (κ3) is 7.23. The van der Waals surface area contributed by atoms with Gasteiger partial charge >= 0.3 is 29.6 Å². The van der Waals surface area contributed by atoms with E-state index in [1.807, 2.05) is 98.8 Å². The fourth-order valence-corrected chi connectivity index (χ4v) is 5.50. The number of carbonyl (C=O) groups excluding carboxylic acids is 1. The third-order valence-electron chi connectivity index (χ3n) is 7.69. The molecule has 2 heterocycles. The first kappa shape index (κ1) is 35.0. The minimum atomic E-state index is -1.21. The molecule has 4 aromatic carbocycles. The van der Waals surface area contributed by atoms with Gasteiger partial charge in [-0.2, -0.15) is 13.5 Å². The molecule has 0 radical (unpaired) electrons. The first-order valence-corrected chi connectivity index (χ1v) is 14.7. The summed E-state index contributed by atoms with van der Waals surface area (Å²) in [6.45, 7) is 4.58. The number of ether oxygens (including phenoxy) is 3. The van der Waals surface area contributed by atoms with Crippen LogP contribution >= 0.6 is 13.5 Å².